The van der Waals surface area contributed by atoms with E-state index in [1.807, 2.05) is 24.3 Å². The molecule has 2 rings (SSSR count). The van der Waals surface area contributed by atoms with Crippen LogP contribution in [-0.4, -0.2) is 11.2 Å². The molecule has 0 atom stereocenters. The van der Waals surface area contributed by atoms with Crippen molar-refractivity contribution in [2.45, 2.75) is 13.1 Å². The van der Waals surface area contributed by atoms with Crippen LogP contribution in [0.25, 0.3) is 0 Å². The Labute approximate surface area is 104 Å². The van der Waals surface area contributed by atoms with Gasteiger partial charge in [0.2, 0.25) is 0 Å². The van der Waals surface area contributed by atoms with Crippen LogP contribution in [0.15, 0.2) is 41.1 Å². The Balaban J connectivity index is 1.85. The van der Waals surface area contributed by atoms with Crippen LogP contribution >= 0.6 is 0 Å². The zero-order valence-corrected chi connectivity index (χ0v) is 9.72. The maximum absolute atomic E-state index is 11.5. The van der Waals surface area contributed by atoms with Crippen molar-refractivity contribution in [1.29, 1.82) is 0 Å². The second kappa shape index (κ2) is 5.83. The molecule has 0 spiro atoms. The lowest BCUT2D eigenvalue weighted by molar-refractivity contribution is 0.251. The van der Waals surface area contributed by atoms with Gasteiger partial charge in [-0.05, 0) is 11.1 Å². The molecule has 6 nitrogen and oxygen atoms in total. The summed E-state index contributed by atoms with van der Waals surface area (Å²) in [4.78, 5) is 11.5. The summed E-state index contributed by atoms with van der Waals surface area (Å²) in [6.45, 7) is 0.913. The van der Waals surface area contributed by atoms with Crippen LogP contribution in [0, 0.1) is 0 Å². The molecule has 2 aromatic rings. The Morgan fingerprint density at radius 1 is 1.33 bits per heavy atom. The van der Waals surface area contributed by atoms with Crippen LogP contribution < -0.4 is 16.4 Å². The lowest BCUT2D eigenvalue weighted by Gasteiger charge is -2.06. The molecule has 4 N–H and O–H groups in total. The van der Waals surface area contributed by atoms with E-state index in [1.165, 1.54) is 6.26 Å². The number of benzene rings is 1. The fourth-order valence-electron chi connectivity index (χ4n) is 1.49. The Hall–Kier alpha value is -2.34. The first-order valence-electron chi connectivity index (χ1n) is 5.51. The zero-order chi connectivity index (χ0) is 12.8. The Bertz CT molecular complexity index is 511. The van der Waals surface area contributed by atoms with Crippen molar-refractivity contribution in [1.82, 2.24) is 10.5 Å². The maximum Gasteiger partial charge on any atom is 0.320 e. The monoisotopic (exact) mass is 246 g/mol. The molecule has 1 aromatic heterocycles. The molecule has 18 heavy (non-hydrogen) atoms. The summed E-state index contributed by atoms with van der Waals surface area (Å²) >= 11 is 0. The average Bonchev–Trinajstić information content (AvgIpc) is 2.89. The van der Waals surface area contributed by atoms with E-state index in [1.54, 1.807) is 6.07 Å². The smallest absolute Gasteiger partial charge is 0.320 e. The number of nitrogens with zero attached hydrogens (tertiary/aromatic N) is 1. The van der Waals surface area contributed by atoms with E-state index in [2.05, 4.69) is 20.3 Å². The van der Waals surface area contributed by atoms with Crippen LogP contribution in [0.3, 0.4) is 0 Å². The number of anilines is 1. The highest BCUT2D eigenvalue weighted by atomic mass is 16.5. The predicted molar refractivity (Wildman–Crippen MR) is 66.7 cm³/mol. The van der Waals surface area contributed by atoms with Gasteiger partial charge in [-0.15, -0.1) is 0 Å². The number of hydrogen-bond acceptors (Lipinski definition) is 4. The van der Waals surface area contributed by atoms with E-state index in [4.69, 9.17) is 5.73 Å². The molecule has 0 saturated carbocycles. The van der Waals surface area contributed by atoms with Crippen LogP contribution in [-0.2, 0) is 13.1 Å². The van der Waals surface area contributed by atoms with Gasteiger partial charge >= 0.3 is 6.03 Å². The molecule has 0 radical (unpaired) electrons. The number of urea groups is 1. The van der Waals surface area contributed by atoms with Crippen molar-refractivity contribution in [3.05, 3.63) is 47.7 Å². The summed E-state index contributed by atoms with van der Waals surface area (Å²) in [5.74, 6) is 0.378. The van der Waals surface area contributed by atoms with Gasteiger partial charge < -0.3 is 15.6 Å². The minimum atomic E-state index is -0.331. The Kier molecular flexibility index (Phi) is 3.93. The van der Waals surface area contributed by atoms with Gasteiger partial charge in [-0.3, -0.25) is 5.32 Å². The molecule has 94 valence electrons. The van der Waals surface area contributed by atoms with Crippen molar-refractivity contribution in [3.63, 3.8) is 0 Å². The molecule has 1 aromatic carbocycles. The van der Waals surface area contributed by atoms with Crippen molar-refractivity contribution in [3.8, 4) is 0 Å². The SMILES string of the molecule is NCc1cccc(CNC(=O)Nc2ccon2)c1. The number of carbonyl (C=O) groups excluding carboxylic acids is 1. The fraction of sp³-hybridized carbons (Fsp3) is 0.167. The van der Waals surface area contributed by atoms with Gasteiger partial charge in [0.25, 0.3) is 0 Å². The van der Waals surface area contributed by atoms with Gasteiger partial charge in [0.05, 0.1) is 0 Å². The number of aromatic nitrogens is 1. The normalized spacial score (nSPS) is 10.1. The summed E-state index contributed by atoms with van der Waals surface area (Å²) in [5.41, 5.74) is 7.57. The van der Waals surface area contributed by atoms with Gasteiger partial charge in [0, 0.05) is 19.2 Å². The lowest BCUT2D eigenvalue weighted by atomic mass is 10.1. The van der Waals surface area contributed by atoms with E-state index in [0.29, 0.717) is 18.9 Å². The van der Waals surface area contributed by atoms with Crippen molar-refractivity contribution >= 4 is 11.8 Å². The number of carbonyl (C=O) groups is 1. The standard InChI is InChI=1S/C12H14N4O2/c13-7-9-2-1-3-10(6-9)8-14-12(17)15-11-4-5-18-16-11/h1-6H,7-8,13H2,(H2,14,15,16,17). The van der Waals surface area contributed by atoms with Gasteiger partial charge in [-0.2, -0.15) is 0 Å². The topological polar surface area (TPSA) is 93.2 Å². The molecular weight excluding hydrogens is 232 g/mol. The number of hydrogen-bond donors (Lipinski definition) is 3. The molecule has 6 heteroatoms. The maximum atomic E-state index is 11.5. The third-order valence-corrected chi connectivity index (χ3v) is 2.36. The molecular formula is C12H14N4O2. The number of amides is 2. The van der Waals surface area contributed by atoms with Crippen LogP contribution in [0.4, 0.5) is 10.6 Å². The first-order chi connectivity index (χ1) is 8.78. The Morgan fingerprint density at radius 3 is 2.89 bits per heavy atom. The van der Waals surface area contributed by atoms with E-state index in [9.17, 15) is 4.79 Å². The highest BCUT2D eigenvalue weighted by Gasteiger charge is 2.03. The molecule has 0 fully saturated rings. The lowest BCUT2D eigenvalue weighted by Crippen LogP contribution is -2.28. The molecule has 0 aliphatic rings. The van der Waals surface area contributed by atoms with E-state index >= 15 is 0 Å². The third kappa shape index (κ3) is 3.33. The Morgan fingerprint density at radius 2 is 2.17 bits per heavy atom. The summed E-state index contributed by atoms with van der Waals surface area (Å²) < 4.78 is 4.60. The van der Waals surface area contributed by atoms with E-state index < -0.39 is 0 Å². The molecule has 0 bridgehead atoms. The summed E-state index contributed by atoms with van der Waals surface area (Å²) in [5, 5.41) is 8.83. The molecule has 0 aliphatic carbocycles. The summed E-state index contributed by atoms with van der Waals surface area (Å²) in [7, 11) is 0. The molecule has 0 unspecified atom stereocenters. The van der Waals surface area contributed by atoms with Crippen molar-refractivity contribution < 1.29 is 9.32 Å². The van der Waals surface area contributed by atoms with Gasteiger partial charge in [0.15, 0.2) is 5.82 Å². The van der Waals surface area contributed by atoms with E-state index in [-0.39, 0.29) is 6.03 Å². The highest BCUT2D eigenvalue weighted by Crippen LogP contribution is 2.05. The summed E-state index contributed by atoms with van der Waals surface area (Å²) in [6.07, 6.45) is 1.39. The highest BCUT2D eigenvalue weighted by molar-refractivity contribution is 5.87. The van der Waals surface area contributed by atoms with Gasteiger partial charge in [-0.25, -0.2) is 4.79 Å². The predicted octanol–water partition coefficient (Wildman–Crippen LogP) is 1.46. The molecule has 0 aliphatic heterocycles. The fourth-order valence-corrected chi connectivity index (χ4v) is 1.49. The van der Waals surface area contributed by atoms with Crippen LogP contribution in [0.2, 0.25) is 0 Å². The minimum absolute atomic E-state index is 0.331. The first kappa shape index (κ1) is 12.1. The third-order valence-electron chi connectivity index (χ3n) is 2.36. The quantitative estimate of drug-likeness (QED) is 0.761. The second-order valence-electron chi connectivity index (χ2n) is 3.72. The first-order valence-corrected chi connectivity index (χ1v) is 5.51. The largest absolute Gasteiger partial charge is 0.363 e. The van der Waals surface area contributed by atoms with Crippen molar-refractivity contribution in [2.75, 3.05) is 5.32 Å². The minimum Gasteiger partial charge on any atom is -0.363 e. The number of nitrogens with one attached hydrogen (secondary N) is 2. The molecule has 2 amide bonds. The van der Waals surface area contributed by atoms with Gasteiger partial charge in [-0.1, -0.05) is 29.4 Å². The summed E-state index contributed by atoms with van der Waals surface area (Å²) in [6, 6.07) is 8.97. The van der Waals surface area contributed by atoms with Crippen LogP contribution in [0.1, 0.15) is 11.1 Å². The van der Waals surface area contributed by atoms with Crippen LogP contribution in [0.5, 0.6) is 0 Å². The average molecular weight is 246 g/mol. The second-order valence-corrected chi connectivity index (χ2v) is 3.72. The number of nitrogens with two attached hydrogens (primary N) is 1. The van der Waals surface area contributed by atoms with E-state index in [0.717, 1.165) is 11.1 Å². The molecule has 1 heterocycles. The van der Waals surface area contributed by atoms with Crippen molar-refractivity contribution in [2.24, 2.45) is 5.73 Å². The molecule has 0 saturated heterocycles. The zero-order valence-electron chi connectivity index (χ0n) is 9.72. The number of rotatable bonds is 4. The van der Waals surface area contributed by atoms with Gasteiger partial charge in [0.1, 0.15) is 6.26 Å².